The minimum absolute atomic E-state index is 0.0955. The van der Waals surface area contributed by atoms with Crippen molar-refractivity contribution in [1.82, 2.24) is 5.32 Å². The second-order valence-electron chi connectivity index (χ2n) is 6.02. The zero-order chi connectivity index (χ0) is 12.4. The van der Waals surface area contributed by atoms with Crippen molar-refractivity contribution in [1.29, 1.82) is 0 Å². The van der Waals surface area contributed by atoms with Gasteiger partial charge in [0.05, 0.1) is 5.92 Å². The van der Waals surface area contributed by atoms with Crippen LogP contribution in [0, 0.1) is 11.3 Å². The van der Waals surface area contributed by atoms with E-state index < -0.39 is 12.1 Å². The van der Waals surface area contributed by atoms with Gasteiger partial charge >= 0.3 is 6.18 Å². The molecule has 4 heteroatoms. The van der Waals surface area contributed by atoms with Crippen LogP contribution in [-0.4, -0.2) is 18.8 Å². The van der Waals surface area contributed by atoms with Crippen molar-refractivity contribution in [3.8, 4) is 0 Å². The quantitative estimate of drug-likeness (QED) is 0.771. The number of halogens is 3. The molecular formula is C12H22F3N. The van der Waals surface area contributed by atoms with E-state index in [9.17, 15) is 13.2 Å². The zero-order valence-electron chi connectivity index (χ0n) is 10.3. The van der Waals surface area contributed by atoms with Gasteiger partial charge in [-0.2, -0.15) is 13.2 Å². The lowest BCUT2D eigenvalue weighted by Crippen LogP contribution is -2.44. The highest BCUT2D eigenvalue weighted by molar-refractivity contribution is 4.82. The van der Waals surface area contributed by atoms with Crippen molar-refractivity contribution >= 4 is 0 Å². The summed E-state index contributed by atoms with van der Waals surface area (Å²) in [6.07, 6.45) is -1.05. The van der Waals surface area contributed by atoms with Gasteiger partial charge in [-0.1, -0.05) is 20.8 Å². The van der Waals surface area contributed by atoms with E-state index in [1.54, 1.807) is 0 Å². The number of alkyl halides is 3. The molecule has 16 heavy (non-hydrogen) atoms. The molecular weight excluding hydrogens is 215 g/mol. The van der Waals surface area contributed by atoms with E-state index in [-0.39, 0.29) is 24.4 Å². The molecule has 0 spiro atoms. The van der Waals surface area contributed by atoms with Gasteiger partial charge in [0.15, 0.2) is 0 Å². The van der Waals surface area contributed by atoms with Crippen LogP contribution in [0.4, 0.5) is 13.2 Å². The Balaban J connectivity index is 2.28. The van der Waals surface area contributed by atoms with Crippen molar-refractivity contribution in [3.63, 3.8) is 0 Å². The van der Waals surface area contributed by atoms with E-state index in [1.807, 2.05) is 0 Å². The molecule has 1 heterocycles. The van der Waals surface area contributed by atoms with E-state index in [0.29, 0.717) is 6.42 Å². The van der Waals surface area contributed by atoms with Crippen LogP contribution in [0.1, 0.15) is 46.5 Å². The molecule has 0 bridgehead atoms. The third kappa shape index (κ3) is 4.73. The number of piperidine rings is 1. The summed E-state index contributed by atoms with van der Waals surface area (Å²) in [5, 5.41) is 3.03. The second kappa shape index (κ2) is 4.94. The number of hydrogen-bond acceptors (Lipinski definition) is 1. The molecule has 96 valence electrons. The van der Waals surface area contributed by atoms with Crippen LogP contribution >= 0.6 is 0 Å². The first-order valence-corrected chi connectivity index (χ1v) is 5.98. The van der Waals surface area contributed by atoms with Crippen LogP contribution in [0.5, 0.6) is 0 Å². The number of rotatable bonds is 2. The maximum absolute atomic E-state index is 12.4. The van der Waals surface area contributed by atoms with Crippen molar-refractivity contribution in [2.45, 2.75) is 58.7 Å². The van der Waals surface area contributed by atoms with Crippen LogP contribution < -0.4 is 5.32 Å². The molecule has 0 saturated carbocycles. The maximum Gasteiger partial charge on any atom is 0.393 e. The fraction of sp³-hybridized carbons (Fsp3) is 1.00. The van der Waals surface area contributed by atoms with Gasteiger partial charge in [0.1, 0.15) is 0 Å². The predicted molar refractivity (Wildman–Crippen MR) is 59.3 cm³/mol. The standard InChI is InChI=1S/C12H22F3N/c1-11(2,3)7-6-10-5-4-9(8-16-10)12(13,14)15/h9-10,16H,4-8H2,1-3H3. The maximum atomic E-state index is 12.4. The SMILES string of the molecule is CC(C)(C)CCC1CCC(C(F)(F)F)CN1. The Morgan fingerprint density at radius 3 is 2.12 bits per heavy atom. The van der Waals surface area contributed by atoms with Crippen molar-refractivity contribution in [2.24, 2.45) is 11.3 Å². The van der Waals surface area contributed by atoms with Crippen LogP contribution in [-0.2, 0) is 0 Å². The highest BCUT2D eigenvalue weighted by Gasteiger charge is 2.41. The zero-order valence-corrected chi connectivity index (χ0v) is 10.3. The molecule has 1 nitrogen and oxygen atoms in total. The molecule has 0 aromatic rings. The molecule has 1 aliphatic rings. The summed E-state index contributed by atoms with van der Waals surface area (Å²) < 4.78 is 37.2. The van der Waals surface area contributed by atoms with Crippen molar-refractivity contribution in [2.75, 3.05) is 6.54 Å². The third-order valence-electron chi connectivity index (χ3n) is 3.22. The molecule has 1 fully saturated rings. The van der Waals surface area contributed by atoms with Gasteiger partial charge in [0, 0.05) is 12.6 Å². The van der Waals surface area contributed by atoms with Crippen molar-refractivity contribution in [3.05, 3.63) is 0 Å². The van der Waals surface area contributed by atoms with Crippen LogP contribution in [0.2, 0.25) is 0 Å². The Bertz CT molecular complexity index is 209. The van der Waals surface area contributed by atoms with Gasteiger partial charge < -0.3 is 5.32 Å². The Hall–Kier alpha value is -0.250. The Morgan fingerprint density at radius 1 is 1.12 bits per heavy atom. The summed E-state index contributed by atoms with van der Waals surface area (Å²) in [5.74, 6) is -1.14. The molecule has 1 rings (SSSR count). The first kappa shape index (κ1) is 13.8. The van der Waals surface area contributed by atoms with E-state index in [0.717, 1.165) is 12.8 Å². The number of hydrogen-bond donors (Lipinski definition) is 1. The van der Waals surface area contributed by atoms with Gasteiger partial charge in [0.2, 0.25) is 0 Å². The largest absolute Gasteiger partial charge is 0.393 e. The van der Waals surface area contributed by atoms with Crippen LogP contribution in [0.3, 0.4) is 0 Å². The molecule has 0 aromatic carbocycles. The molecule has 1 N–H and O–H groups in total. The smallest absolute Gasteiger partial charge is 0.313 e. The van der Waals surface area contributed by atoms with E-state index in [1.165, 1.54) is 0 Å². The average molecular weight is 237 g/mol. The van der Waals surface area contributed by atoms with Gasteiger partial charge in [-0.3, -0.25) is 0 Å². The molecule has 2 unspecified atom stereocenters. The van der Waals surface area contributed by atoms with E-state index in [2.05, 4.69) is 26.1 Å². The lowest BCUT2D eigenvalue weighted by Gasteiger charge is -2.32. The molecule has 0 aromatic heterocycles. The van der Waals surface area contributed by atoms with Gasteiger partial charge in [-0.15, -0.1) is 0 Å². The topological polar surface area (TPSA) is 12.0 Å². The summed E-state index contributed by atoms with van der Waals surface area (Å²) in [5.41, 5.74) is 0.266. The minimum atomic E-state index is -4.03. The third-order valence-corrected chi connectivity index (χ3v) is 3.22. The first-order chi connectivity index (χ1) is 7.18. The minimum Gasteiger partial charge on any atom is -0.313 e. The lowest BCUT2D eigenvalue weighted by atomic mass is 9.85. The average Bonchev–Trinajstić information content (AvgIpc) is 2.13. The predicted octanol–water partition coefficient (Wildman–Crippen LogP) is 3.74. The summed E-state index contributed by atoms with van der Waals surface area (Å²) in [4.78, 5) is 0. The van der Waals surface area contributed by atoms with Crippen molar-refractivity contribution < 1.29 is 13.2 Å². The molecule has 0 amide bonds. The monoisotopic (exact) mass is 237 g/mol. The summed E-state index contributed by atoms with van der Waals surface area (Å²) in [6, 6.07) is 0.276. The van der Waals surface area contributed by atoms with E-state index in [4.69, 9.17) is 0 Å². The summed E-state index contributed by atoms with van der Waals surface area (Å²) in [6.45, 7) is 6.58. The highest BCUT2D eigenvalue weighted by atomic mass is 19.4. The van der Waals surface area contributed by atoms with Crippen LogP contribution in [0.25, 0.3) is 0 Å². The molecule has 0 aliphatic carbocycles. The Kier molecular flexibility index (Phi) is 4.27. The Labute approximate surface area is 95.8 Å². The van der Waals surface area contributed by atoms with E-state index >= 15 is 0 Å². The highest BCUT2D eigenvalue weighted by Crippen LogP contribution is 2.33. The number of nitrogens with one attached hydrogen (secondary N) is 1. The fourth-order valence-electron chi connectivity index (χ4n) is 2.05. The first-order valence-electron chi connectivity index (χ1n) is 5.98. The van der Waals surface area contributed by atoms with Gasteiger partial charge in [0.25, 0.3) is 0 Å². The molecule has 1 aliphatic heterocycles. The summed E-state index contributed by atoms with van der Waals surface area (Å²) >= 11 is 0. The van der Waals surface area contributed by atoms with Crippen LogP contribution in [0.15, 0.2) is 0 Å². The lowest BCUT2D eigenvalue weighted by molar-refractivity contribution is -0.179. The molecule has 2 atom stereocenters. The molecule has 0 radical (unpaired) electrons. The second-order valence-corrected chi connectivity index (χ2v) is 6.02. The normalized spacial score (nSPS) is 28.1. The van der Waals surface area contributed by atoms with Gasteiger partial charge in [-0.05, 0) is 31.1 Å². The fourth-order valence-corrected chi connectivity index (χ4v) is 2.05. The Morgan fingerprint density at radius 2 is 1.75 bits per heavy atom. The molecule has 1 saturated heterocycles. The summed E-state index contributed by atoms with van der Waals surface area (Å²) in [7, 11) is 0. The van der Waals surface area contributed by atoms with Gasteiger partial charge in [-0.25, -0.2) is 0 Å².